The Morgan fingerprint density at radius 1 is 1.21 bits per heavy atom. The summed E-state index contributed by atoms with van der Waals surface area (Å²) in [6.07, 6.45) is 3.71. The fourth-order valence-corrected chi connectivity index (χ4v) is 3.25. The lowest BCUT2D eigenvalue weighted by Gasteiger charge is -2.32. The molecule has 0 amide bonds. The number of aromatic nitrogens is 2. The number of rotatable bonds is 3. The molecule has 2 rings (SSSR count). The van der Waals surface area contributed by atoms with Crippen molar-refractivity contribution in [1.82, 2.24) is 20.8 Å². The molecule has 24 heavy (non-hydrogen) atoms. The maximum atomic E-state index is 5.31. The second-order valence-electron chi connectivity index (χ2n) is 7.95. The first-order valence-electron chi connectivity index (χ1n) is 8.58. The van der Waals surface area contributed by atoms with E-state index in [4.69, 9.17) is 4.52 Å². The van der Waals surface area contributed by atoms with Gasteiger partial charge in [0.2, 0.25) is 5.89 Å². The van der Waals surface area contributed by atoms with E-state index in [0.29, 0.717) is 24.3 Å². The lowest BCUT2D eigenvalue weighted by atomic mass is 9.80. The molecule has 0 bridgehead atoms. The third-order valence-electron chi connectivity index (χ3n) is 4.27. The van der Waals surface area contributed by atoms with E-state index in [-0.39, 0.29) is 29.4 Å². The Kier molecular flexibility index (Phi) is 7.95. The highest BCUT2D eigenvalue weighted by Gasteiger charge is 2.25. The first-order valence-corrected chi connectivity index (χ1v) is 8.58. The lowest BCUT2D eigenvalue weighted by Crippen LogP contribution is -2.46. The van der Waals surface area contributed by atoms with Gasteiger partial charge in [-0.3, -0.25) is 4.99 Å². The molecule has 0 spiro atoms. The molecule has 1 fully saturated rings. The molecule has 0 radical (unpaired) electrons. The van der Waals surface area contributed by atoms with Gasteiger partial charge in [0, 0.05) is 18.5 Å². The van der Waals surface area contributed by atoms with E-state index in [0.717, 1.165) is 17.8 Å². The van der Waals surface area contributed by atoms with Crippen LogP contribution < -0.4 is 10.6 Å². The highest BCUT2D eigenvalue weighted by molar-refractivity contribution is 14.0. The van der Waals surface area contributed by atoms with Gasteiger partial charge in [-0.05, 0) is 31.1 Å². The molecule has 0 aliphatic heterocycles. The molecular formula is C17H32IN5O. The van der Waals surface area contributed by atoms with Crippen LogP contribution in [-0.2, 0) is 12.0 Å². The van der Waals surface area contributed by atoms with E-state index in [1.54, 1.807) is 7.05 Å². The minimum atomic E-state index is -0.125. The van der Waals surface area contributed by atoms with Crippen LogP contribution in [0, 0.1) is 11.8 Å². The maximum Gasteiger partial charge on any atom is 0.232 e. The average Bonchev–Trinajstić information content (AvgIpc) is 2.91. The van der Waals surface area contributed by atoms with Crippen molar-refractivity contribution in [3.8, 4) is 0 Å². The molecule has 0 aromatic carbocycles. The summed E-state index contributed by atoms with van der Waals surface area (Å²) in [5.74, 6) is 3.65. The fraction of sp³-hybridized carbons (Fsp3) is 0.824. The molecule has 0 saturated heterocycles. The van der Waals surface area contributed by atoms with E-state index in [1.165, 1.54) is 19.3 Å². The van der Waals surface area contributed by atoms with Gasteiger partial charge in [0.15, 0.2) is 11.8 Å². The van der Waals surface area contributed by atoms with Crippen LogP contribution >= 0.6 is 24.0 Å². The summed E-state index contributed by atoms with van der Waals surface area (Å²) < 4.78 is 5.31. The van der Waals surface area contributed by atoms with E-state index in [2.05, 4.69) is 60.4 Å². The van der Waals surface area contributed by atoms with Crippen LogP contribution in [0.2, 0.25) is 0 Å². The predicted octanol–water partition coefficient (Wildman–Crippen LogP) is 3.47. The van der Waals surface area contributed by atoms with Gasteiger partial charge in [-0.15, -0.1) is 24.0 Å². The Morgan fingerprint density at radius 3 is 2.33 bits per heavy atom. The molecule has 6 nitrogen and oxygen atoms in total. The number of halogens is 1. The normalized spacial score (nSPS) is 25.1. The minimum absolute atomic E-state index is 0. The zero-order valence-electron chi connectivity index (χ0n) is 15.7. The van der Waals surface area contributed by atoms with Crippen LogP contribution in [0.5, 0.6) is 0 Å². The molecule has 1 aliphatic carbocycles. The molecule has 1 heterocycles. The second-order valence-corrected chi connectivity index (χ2v) is 7.95. The van der Waals surface area contributed by atoms with Crippen LogP contribution in [0.1, 0.15) is 65.6 Å². The van der Waals surface area contributed by atoms with Crippen LogP contribution in [-0.4, -0.2) is 29.2 Å². The van der Waals surface area contributed by atoms with Crippen molar-refractivity contribution in [3.63, 3.8) is 0 Å². The fourth-order valence-electron chi connectivity index (χ4n) is 3.25. The Morgan fingerprint density at radius 2 is 1.83 bits per heavy atom. The summed E-state index contributed by atoms with van der Waals surface area (Å²) in [6.45, 7) is 11.3. The third-order valence-corrected chi connectivity index (χ3v) is 4.27. The highest BCUT2D eigenvalue weighted by atomic mass is 127. The summed E-state index contributed by atoms with van der Waals surface area (Å²) >= 11 is 0. The van der Waals surface area contributed by atoms with Crippen molar-refractivity contribution in [3.05, 3.63) is 11.7 Å². The van der Waals surface area contributed by atoms with Crippen molar-refractivity contribution >= 4 is 29.9 Å². The van der Waals surface area contributed by atoms with Gasteiger partial charge < -0.3 is 15.2 Å². The van der Waals surface area contributed by atoms with Gasteiger partial charge >= 0.3 is 0 Å². The van der Waals surface area contributed by atoms with Crippen LogP contribution in [0.4, 0.5) is 0 Å². The quantitative estimate of drug-likeness (QED) is 0.420. The monoisotopic (exact) mass is 449 g/mol. The van der Waals surface area contributed by atoms with E-state index >= 15 is 0 Å². The van der Waals surface area contributed by atoms with Crippen molar-refractivity contribution in [2.75, 3.05) is 7.05 Å². The molecule has 2 atom stereocenters. The van der Waals surface area contributed by atoms with Crippen molar-refractivity contribution in [2.24, 2.45) is 16.8 Å². The van der Waals surface area contributed by atoms with Gasteiger partial charge in [0.25, 0.3) is 0 Å². The van der Waals surface area contributed by atoms with Crippen LogP contribution in [0.25, 0.3) is 0 Å². The Hall–Kier alpha value is -0.860. The first-order chi connectivity index (χ1) is 10.8. The number of nitrogens with one attached hydrogen (secondary N) is 2. The molecule has 1 aromatic heterocycles. The number of aliphatic imine (C=N–C) groups is 1. The summed E-state index contributed by atoms with van der Waals surface area (Å²) in [4.78, 5) is 8.75. The SMILES string of the molecule is CN=C(NCc1noc(C(C)(C)C)n1)NC1CC(C)CC(C)C1.I. The molecule has 1 aromatic rings. The van der Waals surface area contributed by atoms with Crippen LogP contribution in [0.3, 0.4) is 0 Å². The second kappa shape index (κ2) is 9.01. The summed E-state index contributed by atoms with van der Waals surface area (Å²) in [5.41, 5.74) is -0.125. The Balaban J connectivity index is 0.00000288. The topological polar surface area (TPSA) is 75.3 Å². The van der Waals surface area contributed by atoms with Gasteiger partial charge in [0.05, 0.1) is 6.54 Å². The van der Waals surface area contributed by atoms with Gasteiger partial charge in [-0.25, -0.2) is 0 Å². The molecule has 1 aliphatic rings. The number of hydrogen-bond acceptors (Lipinski definition) is 4. The van der Waals surface area contributed by atoms with E-state index in [9.17, 15) is 0 Å². The first kappa shape index (κ1) is 21.2. The summed E-state index contributed by atoms with van der Waals surface area (Å²) in [6, 6.07) is 0.482. The minimum Gasteiger partial charge on any atom is -0.354 e. The smallest absolute Gasteiger partial charge is 0.232 e. The molecule has 1 saturated carbocycles. The highest BCUT2D eigenvalue weighted by Crippen LogP contribution is 2.28. The van der Waals surface area contributed by atoms with Gasteiger partial charge in [0.1, 0.15) is 0 Å². The summed E-state index contributed by atoms with van der Waals surface area (Å²) in [7, 11) is 1.79. The van der Waals surface area contributed by atoms with Crippen molar-refractivity contribution in [1.29, 1.82) is 0 Å². The van der Waals surface area contributed by atoms with Crippen molar-refractivity contribution in [2.45, 2.75) is 71.9 Å². The van der Waals surface area contributed by atoms with Gasteiger partial charge in [-0.2, -0.15) is 4.98 Å². The Labute approximate surface area is 162 Å². The predicted molar refractivity (Wildman–Crippen MR) is 108 cm³/mol. The standard InChI is InChI=1S/C17H31N5O.HI/c1-11-7-12(2)9-13(8-11)20-16(18-6)19-10-14-21-15(23-22-14)17(3,4)5;/h11-13H,7-10H2,1-6H3,(H2,18,19,20);1H. The average molecular weight is 449 g/mol. The maximum absolute atomic E-state index is 5.31. The molecule has 138 valence electrons. The number of nitrogens with zero attached hydrogens (tertiary/aromatic N) is 3. The lowest BCUT2D eigenvalue weighted by molar-refractivity contribution is 0.255. The van der Waals surface area contributed by atoms with E-state index < -0.39 is 0 Å². The van der Waals surface area contributed by atoms with Crippen LogP contribution in [0.15, 0.2) is 9.52 Å². The zero-order chi connectivity index (χ0) is 17.0. The Bertz CT molecular complexity index is 527. The molecule has 2 N–H and O–H groups in total. The zero-order valence-corrected chi connectivity index (χ0v) is 18.0. The molecule has 2 unspecified atom stereocenters. The largest absolute Gasteiger partial charge is 0.354 e. The summed E-state index contributed by atoms with van der Waals surface area (Å²) in [5, 5.41) is 10.8. The molecule has 7 heteroatoms. The van der Waals surface area contributed by atoms with Crippen molar-refractivity contribution < 1.29 is 4.52 Å². The van der Waals surface area contributed by atoms with E-state index in [1.807, 2.05) is 0 Å². The molecular weight excluding hydrogens is 417 g/mol. The number of hydrogen-bond donors (Lipinski definition) is 2. The number of guanidine groups is 1. The van der Waals surface area contributed by atoms with Gasteiger partial charge in [-0.1, -0.05) is 39.8 Å². The third kappa shape index (κ3) is 6.22.